The maximum absolute atomic E-state index is 14.0. The van der Waals surface area contributed by atoms with E-state index in [0.717, 1.165) is 16.7 Å². The van der Waals surface area contributed by atoms with Crippen LogP contribution in [0.2, 0.25) is 10.0 Å². The van der Waals surface area contributed by atoms with Gasteiger partial charge < -0.3 is 18.9 Å². The predicted octanol–water partition coefficient (Wildman–Crippen LogP) is 6.43. The summed E-state index contributed by atoms with van der Waals surface area (Å²) < 4.78 is 24.7. The van der Waals surface area contributed by atoms with Crippen LogP contribution >= 0.6 is 34.5 Å². The van der Waals surface area contributed by atoms with Gasteiger partial charge in [0.25, 0.3) is 5.56 Å². The summed E-state index contributed by atoms with van der Waals surface area (Å²) in [4.78, 5) is 31.8. The number of halogens is 2. The lowest BCUT2D eigenvalue weighted by Crippen LogP contribution is -2.39. The van der Waals surface area contributed by atoms with Crippen LogP contribution in [-0.4, -0.2) is 30.9 Å². The Balaban J connectivity index is 1.54. The first-order valence-electron chi connectivity index (χ1n) is 14.6. The second-order valence-electron chi connectivity index (χ2n) is 10.1. The fourth-order valence-electron chi connectivity index (χ4n) is 5.07. The zero-order valence-electron chi connectivity index (χ0n) is 25.5. The molecule has 0 aliphatic carbocycles. The van der Waals surface area contributed by atoms with Crippen LogP contribution in [0.3, 0.4) is 0 Å². The Kier molecular flexibility index (Phi) is 10.7. The second-order valence-corrected chi connectivity index (χ2v) is 12.0. The molecule has 0 N–H and O–H groups in total. The van der Waals surface area contributed by atoms with Crippen LogP contribution < -0.4 is 29.1 Å². The standard InChI is InChI=1S/C35H32Cl2N2O6S/c1-5-8-23-15-21(10-13-28(23)45-20-22-9-12-26(36)27(37)16-22)17-31-33(40)39-32(25(34(41)42-4)19-38-35(39)46-31)24-11-14-29(43-6-2)30(18-24)44-7-3/h5,9-19,32H,1,6-8,20H2,2-4H3/b31-17-/t32-/m0/s1. The van der Waals surface area contributed by atoms with Crippen molar-refractivity contribution in [2.24, 2.45) is 4.99 Å². The van der Waals surface area contributed by atoms with E-state index in [2.05, 4.69) is 11.6 Å². The third kappa shape index (κ3) is 7.07. The van der Waals surface area contributed by atoms with Crippen molar-refractivity contribution in [2.75, 3.05) is 20.3 Å². The number of benzene rings is 3. The zero-order valence-corrected chi connectivity index (χ0v) is 27.9. The number of rotatable bonds is 12. The molecule has 46 heavy (non-hydrogen) atoms. The number of nitrogens with zero attached hydrogens (tertiary/aromatic N) is 2. The van der Waals surface area contributed by atoms with Gasteiger partial charge in [0.1, 0.15) is 12.4 Å². The van der Waals surface area contributed by atoms with Crippen molar-refractivity contribution in [2.45, 2.75) is 32.9 Å². The maximum atomic E-state index is 14.0. The molecule has 0 spiro atoms. The van der Waals surface area contributed by atoms with Gasteiger partial charge in [0.05, 0.1) is 46.5 Å². The molecule has 1 aliphatic rings. The normalized spacial score (nSPS) is 14.2. The zero-order chi connectivity index (χ0) is 32.8. The van der Waals surface area contributed by atoms with Crippen molar-refractivity contribution in [3.63, 3.8) is 0 Å². The molecule has 2 heterocycles. The van der Waals surface area contributed by atoms with Crippen molar-refractivity contribution >= 4 is 46.6 Å². The highest BCUT2D eigenvalue weighted by Crippen LogP contribution is 2.35. The number of methoxy groups -OCH3 is 1. The summed E-state index contributed by atoms with van der Waals surface area (Å²) in [6.45, 7) is 8.83. The molecule has 0 saturated carbocycles. The van der Waals surface area contributed by atoms with Crippen LogP contribution in [0.5, 0.6) is 17.2 Å². The van der Waals surface area contributed by atoms with E-state index in [1.165, 1.54) is 29.2 Å². The highest BCUT2D eigenvalue weighted by atomic mass is 35.5. The molecule has 1 aromatic heterocycles. The van der Waals surface area contributed by atoms with E-state index < -0.39 is 12.0 Å². The van der Waals surface area contributed by atoms with Crippen molar-refractivity contribution in [3.8, 4) is 17.2 Å². The van der Waals surface area contributed by atoms with Gasteiger partial charge in [-0.2, -0.15) is 0 Å². The first-order chi connectivity index (χ1) is 22.3. The average Bonchev–Trinajstić information content (AvgIpc) is 3.37. The molecule has 0 unspecified atom stereocenters. The lowest BCUT2D eigenvalue weighted by molar-refractivity contribution is -0.136. The number of hydrogen-bond donors (Lipinski definition) is 0. The fraction of sp³-hybridized carbons (Fsp3) is 0.229. The highest BCUT2D eigenvalue weighted by molar-refractivity contribution is 7.07. The number of ether oxygens (including phenoxy) is 4. The third-order valence-electron chi connectivity index (χ3n) is 7.13. The molecule has 1 atom stereocenters. The highest BCUT2D eigenvalue weighted by Gasteiger charge is 2.31. The van der Waals surface area contributed by atoms with E-state index >= 15 is 0 Å². The minimum atomic E-state index is -0.783. The molecule has 0 bridgehead atoms. The predicted molar refractivity (Wildman–Crippen MR) is 181 cm³/mol. The summed E-state index contributed by atoms with van der Waals surface area (Å²) in [6, 6.07) is 15.7. The Hall–Kier alpha value is -4.31. The van der Waals surface area contributed by atoms with Gasteiger partial charge in [-0.05, 0) is 85.0 Å². The summed E-state index contributed by atoms with van der Waals surface area (Å²) in [6.07, 6.45) is 5.62. The molecule has 8 nitrogen and oxygen atoms in total. The number of thiazole rings is 1. The average molecular weight is 680 g/mol. The molecule has 0 fully saturated rings. The van der Waals surface area contributed by atoms with E-state index in [-0.39, 0.29) is 11.1 Å². The molecule has 3 aromatic carbocycles. The summed E-state index contributed by atoms with van der Waals surface area (Å²) in [5.74, 6) is 1.19. The first kappa shape index (κ1) is 33.1. The van der Waals surface area contributed by atoms with E-state index in [1.54, 1.807) is 30.3 Å². The number of aromatic nitrogens is 1. The van der Waals surface area contributed by atoms with Gasteiger partial charge in [-0.15, -0.1) is 6.58 Å². The minimum Gasteiger partial charge on any atom is -0.490 e. The molecule has 238 valence electrons. The van der Waals surface area contributed by atoms with Crippen molar-refractivity contribution in [3.05, 3.63) is 131 Å². The van der Waals surface area contributed by atoms with Crippen LogP contribution in [0, 0.1) is 0 Å². The number of esters is 1. The Bertz CT molecular complexity index is 2000. The third-order valence-corrected chi connectivity index (χ3v) is 8.87. The van der Waals surface area contributed by atoms with Crippen LogP contribution in [-0.2, 0) is 22.6 Å². The molecule has 4 aromatic rings. The maximum Gasteiger partial charge on any atom is 0.337 e. The molecule has 1 aliphatic heterocycles. The fourth-order valence-corrected chi connectivity index (χ4v) is 6.36. The topological polar surface area (TPSA) is 88.4 Å². The van der Waals surface area contributed by atoms with Crippen LogP contribution in [0.1, 0.15) is 42.1 Å². The molecule has 0 radical (unpaired) electrons. The van der Waals surface area contributed by atoms with Gasteiger partial charge in [0.2, 0.25) is 0 Å². The second kappa shape index (κ2) is 14.9. The largest absolute Gasteiger partial charge is 0.490 e. The Morgan fingerprint density at radius 1 is 0.978 bits per heavy atom. The van der Waals surface area contributed by atoms with E-state index in [9.17, 15) is 9.59 Å². The summed E-state index contributed by atoms with van der Waals surface area (Å²) in [5.41, 5.74) is 3.17. The van der Waals surface area contributed by atoms with Gasteiger partial charge in [-0.25, -0.2) is 9.79 Å². The molecule has 11 heteroatoms. The molecule has 5 rings (SSSR count). The summed E-state index contributed by atoms with van der Waals surface area (Å²) in [5, 5.41) is 0.944. The lowest BCUT2D eigenvalue weighted by Gasteiger charge is -2.23. The van der Waals surface area contributed by atoms with E-state index in [0.29, 0.717) is 68.4 Å². The lowest BCUT2D eigenvalue weighted by atomic mass is 9.97. The van der Waals surface area contributed by atoms with Gasteiger partial charge in [0, 0.05) is 6.20 Å². The Morgan fingerprint density at radius 2 is 1.74 bits per heavy atom. The molecule has 0 amide bonds. The van der Waals surface area contributed by atoms with Gasteiger partial charge >= 0.3 is 5.97 Å². The number of hydrogen-bond acceptors (Lipinski definition) is 8. The van der Waals surface area contributed by atoms with Crippen LogP contribution in [0.4, 0.5) is 0 Å². The van der Waals surface area contributed by atoms with Crippen molar-refractivity contribution < 1.29 is 23.7 Å². The SMILES string of the molecule is C=CCc1cc(/C=c2\sc3n(c2=O)[C@@H](c2ccc(OCC)c(OCC)c2)C(C(=O)OC)=CN=3)ccc1OCc1ccc(Cl)c(Cl)c1. The molecular formula is C35H32Cl2N2O6S. The van der Waals surface area contributed by atoms with E-state index in [4.69, 9.17) is 42.1 Å². The van der Waals surface area contributed by atoms with Crippen molar-refractivity contribution in [1.82, 2.24) is 4.57 Å². The quantitative estimate of drug-likeness (QED) is 0.127. The number of carbonyl (C=O) groups is 1. The molecular weight excluding hydrogens is 647 g/mol. The number of carbonyl (C=O) groups excluding carboxylic acids is 1. The summed E-state index contributed by atoms with van der Waals surface area (Å²) >= 11 is 13.4. The smallest absolute Gasteiger partial charge is 0.337 e. The minimum absolute atomic E-state index is 0.227. The van der Waals surface area contributed by atoms with Crippen molar-refractivity contribution in [1.29, 1.82) is 0 Å². The Labute approximate surface area is 280 Å². The molecule has 0 saturated heterocycles. The van der Waals surface area contributed by atoms with Crippen LogP contribution in [0.25, 0.3) is 6.08 Å². The first-order valence-corrected chi connectivity index (χ1v) is 16.1. The van der Waals surface area contributed by atoms with Crippen LogP contribution in [0.15, 0.2) is 88.8 Å². The monoisotopic (exact) mass is 678 g/mol. The summed E-state index contributed by atoms with van der Waals surface area (Å²) in [7, 11) is 1.30. The number of fused-ring (bicyclic) bond motifs is 1. The van der Waals surface area contributed by atoms with Gasteiger partial charge in [-0.1, -0.05) is 58.8 Å². The Morgan fingerprint density at radius 3 is 2.46 bits per heavy atom. The van der Waals surface area contributed by atoms with Gasteiger partial charge in [-0.3, -0.25) is 9.36 Å². The van der Waals surface area contributed by atoms with E-state index in [1.807, 2.05) is 50.3 Å². The number of allylic oxidation sites excluding steroid dienone is 1. The van der Waals surface area contributed by atoms with Gasteiger partial charge in [0.15, 0.2) is 16.3 Å².